The molecular formula is C15H22N4O. The summed E-state index contributed by atoms with van der Waals surface area (Å²) in [4.78, 5) is 16.0. The third kappa shape index (κ3) is 3.36. The summed E-state index contributed by atoms with van der Waals surface area (Å²) in [6.45, 7) is 6.97. The number of hydrogen-bond donors (Lipinski definition) is 2. The summed E-state index contributed by atoms with van der Waals surface area (Å²) >= 11 is 0. The topological polar surface area (TPSA) is 59.0 Å². The summed E-state index contributed by atoms with van der Waals surface area (Å²) in [6.07, 6.45) is 0.500. The van der Waals surface area contributed by atoms with Gasteiger partial charge in [0.2, 0.25) is 5.91 Å². The summed E-state index contributed by atoms with van der Waals surface area (Å²) in [5.41, 5.74) is 2.19. The van der Waals surface area contributed by atoms with Crippen molar-refractivity contribution in [3.05, 3.63) is 30.1 Å². The van der Waals surface area contributed by atoms with Crippen LogP contribution < -0.4 is 10.6 Å². The van der Waals surface area contributed by atoms with E-state index in [-0.39, 0.29) is 5.91 Å². The molecule has 2 N–H and O–H groups in total. The number of nitrogens with zero attached hydrogens (tertiary/aromatic N) is 2. The maximum Gasteiger partial charge on any atom is 0.221 e. The van der Waals surface area contributed by atoms with Crippen LogP contribution in [-0.2, 0) is 17.9 Å². The molecule has 0 spiro atoms. The molecule has 0 aliphatic rings. The van der Waals surface area contributed by atoms with Gasteiger partial charge in [0.1, 0.15) is 5.82 Å². The largest absolute Gasteiger partial charge is 0.356 e. The lowest BCUT2D eigenvalue weighted by molar-refractivity contribution is -0.120. The Labute approximate surface area is 119 Å². The maximum absolute atomic E-state index is 11.3. The van der Waals surface area contributed by atoms with Crippen LogP contribution in [0.2, 0.25) is 0 Å². The number of aromatic nitrogens is 2. The Morgan fingerprint density at radius 3 is 2.85 bits per heavy atom. The first-order chi connectivity index (χ1) is 9.76. The molecule has 5 heteroatoms. The van der Waals surface area contributed by atoms with Gasteiger partial charge in [-0.05, 0) is 26.0 Å². The minimum Gasteiger partial charge on any atom is -0.356 e. The number of rotatable bonds is 7. The predicted octanol–water partition coefficient (Wildman–Crippen LogP) is 1.67. The van der Waals surface area contributed by atoms with Gasteiger partial charge in [0.05, 0.1) is 17.6 Å². The fraction of sp³-hybridized carbons (Fsp3) is 0.467. The van der Waals surface area contributed by atoms with Crippen LogP contribution in [0, 0.1) is 0 Å². The van der Waals surface area contributed by atoms with E-state index in [0.717, 1.165) is 23.4 Å². The Bertz CT molecular complexity index is 576. The summed E-state index contributed by atoms with van der Waals surface area (Å²) in [5, 5.41) is 6.07. The minimum atomic E-state index is 0.0870. The number of imidazole rings is 1. The molecule has 0 aliphatic carbocycles. The zero-order chi connectivity index (χ0) is 14.4. The van der Waals surface area contributed by atoms with E-state index in [0.29, 0.717) is 26.1 Å². The molecule has 2 aromatic rings. The first-order valence-electron chi connectivity index (χ1n) is 7.17. The lowest BCUT2D eigenvalue weighted by Gasteiger charge is -2.07. The van der Waals surface area contributed by atoms with E-state index in [4.69, 9.17) is 0 Å². The number of para-hydroxylation sites is 2. The average molecular weight is 274 g/mol. The molecule has 0 saturated heterocycles. The molecule has 20 heavy (non-hydrogen) atoms. The molecule has 1 aromatic heterocycles. The summed E-state index contributed by atoms with van der Waals surface area (Å²) in [6, 6.07) is 8.15. The van der Waals surface area contributed by atoms with Crippen molar-refractivity contribution in [3.63, 3.8) is 0 Å². The number of nitrogens with one attached hydrogen (secondary N) is 2. The summed E-state index contributed by atoms with van der Waals surface area (Å²) in [7, 11) is 0. The van der Waals surface area contributed by atoms with Crippen LogP contribution in [0.15, 0.2) is 24.3 Å². The quantitative estimate of drug-likeness (QED) is 0.755. The first kappa shape index (κ1) is 14.5. The van der Waals surface area contributed by atoms with E-state index in [1.165, 1.54) is 0 Å². The zero-order valence-electron chi connectivity index (χ0n) is 12.1. The minimum absolute atomic E-state index is 0.0870. The van der Waals surface area contributed by atoms with Gasteiger partial charge in [-0.15, -0.1) is 0 Å². The van der Waals surface area contributed by atoms with Crippen LogP contribution in [-0.4, -0.2) is 28.5 Å². The highest BCUT2D eigenvalue weighted by Gasteiger charge is 2.08. The fourth-order valence-electron chi connectivity index (χ4n) is 2.30. The monoisotopic (exact) mass is 274 g/mol. The molecule has 0 bridgehead atoms. The molecule has 1 aromatic carbocycles. The van der Waals surface area contributed by atoms with Gasteiger partial charge in [-0.25, -0.2) is 4.98 Å². The van der Waals surface area contributed by atoms with Crippen molar-refractivity contribution in [1.82, 2.24) is 20.2 Å². The van der Waals surface area contributed by atoms with Crippen molar-refractivity contribution in [3.8, 4) is 0 Å². The Morgan fingerprint density at radius 2 is 2.10 bits per heavy atom. The van der Waals surface area contributed by atoms with Crippen molar-refractivity contribution in [2.24, 2.45) is 0 Å². The van der Waals surface area contributed by atoms with Crippen molar-refractivity contribution in [2.45, 2.75) is 33.4 Å². The Balaban J connectivity index is 1.94. The molecule has 108 valence electrons. The van der Waals surface area contributed by atoms with Crippen LogP contribution in [0.5, 0.6) is 0 Å². The highest BCUT2D eigenvalue weighted by molar-refractivity contribution is 5.76. The highest BCUT2D eigenvalue weighted by Crippen LogP contribution is 2.15. The van der Waals surface area contributed by atoms with E-state index in [1.54, 1.807) is 0 Å². The molecule has 1 heterocycles. The SMILES string of the molecule is CCNC(=O)CCNCc1nc2ccccc2n1CC. The molecule has 0 radical (unpaired) electrons. The van der Waals surface area contributed by atoms with Gasteiger partial charge in [-0.2, -0.15) is 0 Å². The van der Waals surface area contributed by atoms with E-state index >= 15 is 0 Å². The fourth-order valence-corrected chi connectivity index (χ4v) is 2.30. The van der Waals surface area contributed by atoms with E-state index < -0.39 is 0 Å². The third-order valence-electron chi connectivity index (χ3n) is 3.24. The zero-order valence-corrected chi connectivity index (χ0v) is 12.1. The van der Waals surface area contributed by atoms with Gasteiger partial charge in [-0.1, -0.05) is 12.1 Å². The lowest BCUT2D eigenvalue weighted by Crippen LogP contribution is -2.27. The number of hydrogen-bond acceptors (Lipinski definition) is 3. The van der Waals surface area contributed by atoms with Crippen LogP contribution in [0.1, 0.15) is 26.1 Å². The highest BCUT2D eigenvalue weighted by atomic mass is 16.1. The smallest absolute Gasteiger partial charge is 0.221 e. The van der Waals surface area contributed by atoms with Crippen LogP contribution >= 0.6 is 0 Å². The van der Waals surface area contributed by atoms with Crippen molar-refractivity contribution >= 4 is 16.9 Å². The predicted molar refractivity (Wildman–Crippen MR) is 80.4 cm³/mol. The summed E-state index contributed by atoms with van der Waals surface area (Å²) < 4.78 is 2.20. The molecule has 1 amide bonds. The Hall–Kier alpha value is -1.88. The molecule has 0 aliphatic heterocycles. The summed E-state index contributed by atoms with van der Waals surface area (Å²) in [5.74, 6) is 1.11. The second-order valence-electron chi connectivity index (χ2n) is 4.64. The van der Waals surface area contributed by atoms with Gasteiger partial charge in [0.25, 0.3) is 0 Å². The van der Waals surface area contributed by atoms with Crippen molar-refractivity contribution in [2.75, 3.05) is 13.1 Å². The van der Waals surface area contributed by atoms with E-state index in [2.05, 4.69) is 33.2 Å². The lowest BCUT2D eigenvalue weighted by atomic mass is 10.3. The second-order valence-corrected chi connectivity index (χ2v) is 4.64. The molecule has 0 unspecified atom stereocenters. The first-order valence-corrected chi connectivity index (χ1v) is 7.17. The number of carbonyl (C=O) groups excluding carboxylic acids is 1. The number of fused-ring (bicyclic) bond motifs is 1. The van der Waals surface area contributed by atoms with Gasteiger partial charge in [0.15, 0.2) is 0 Å². The number of carbonyl (C=O) groups is 1. The van der Waals surface area contributed by atoms with Crippen molar-refractivity contribution in [1.29, 1.82) is 0 Å². The number of aryl methyl sites for hydroxylation is 1. The number of benzene rings is 1. The van der Waals surface area contributed by atoms with Gasteiger partial charge in [0, 0.05) is 26.1 Å². The Kier molecular flexibility index (Phi) is 5.12. The Morgan fingerprint density at radius 1 is 1.30 bits per heavy atom. The maximum atomic E-state index is 11.3. The van der Waals surface area contributed by atoms with E-state index in [1.807, 2.05) is 25.1 Å². The standard InChI is InChI=1S/C15H22N4O/c1-3-17-15(20)9-10-16-11-14-18-12-7-5-6-8-13(12)19(14)4-2/h5-8,16H,3-4,9-11H2,1-2H3,(H,17,20). The average Bonchev–Trinajstić information content (AvgIpc) is 2.81. The molecule has 2 rings (SSSR count). The second kappa shape index (κ2) is 7.05. The van der Waals surface area contributed by atoms with Gasteiger partial charge in [-0.3, -0.25) is 4.79 Å². The molecular weight excluding hydrogens is 252 g/mol. The normalized spacial score (nSPS) is 10.9. The number of amides is 1. The van der Waals surface area contributed by atoms with Crippen molar-refractivity contribution < 1.29 is 4.79 Å². The molecule has 5 nitrogen and oxygen atoms in total. The van der Waals surface area contributed by atoms with Gasteiger partial charge < -0.3 is 15.2 Å². The van der Waals surface area contributed by atoms with Crippen LogP contribution in [0.25, 0.3) is 11.0 Å². The van der Waals surface area contributed by atoms with Crippen LogP contribution in [0.4, 0.5) is 0 Å². The molecule has 0 atom stereocenters. The molecule has 0 saturated carbocycles. The van der Waals surface area contributed by atoms with E-state index in [9.17, 15) is 4.79 Å². The van der Waals surface area contributed by atoms with Gasteiger partial charge >= 0.3 is 0 Å². The molecule has 0 fully saturated rings. The van der Waals surface area contributed by atoms with Crippen LogP contribution in [0.3, 0.4) is 0 Å². The third-order valence-corrected chi connectivity index (χ3v) is 3.24.